The average Bonchev–Trinajstić information content (AvgIpc) is 2.63. The SMILES string of the molecule is CCOC(=O)Cc1sccc1OCOC. The number of rotatable bonds is 6. The predicted molar refractivity (Wildman–Crippen MR) is 57.2 cm³/mol. The normalized spacial score (nSPS) is 10.0. The molecular weight excluding hydrogens is 216 g/mol. The van der Waals surface area contributed by atoms with Gasteiger partial charge in [0.25, 0.3) is 0 Å². The summed E-state index contributed by atoms with van der Waals surface area (Å²) in [5.41, 5.74) is 0. The minimum atomic E-state index is -0.234. The second-order valence-electron chi connectivity index (χ2n) is 2.74. The molecule has 0 spiro atoms. The van der Waals surface area contributed by atoms with Crippen LogP contribution in [0.25, 0.3) is 0 Å². The van der Waals surface area contributed by atoms with Crippen molar-refractivity contribution in [3.05, 3.63) is 16.3 Å². The van der Waals surface area contributed by atoms with Gasteiger partial charge in [0.15, 0.2) is 6.79 Å². The fraction of sp³-hybridized carbons (Fsp3) is 0.500. The molecule has 0 N–H and O–H groups in total. The quantitative estimate of drug-likeness (QED) is 0.552. The second-order valence-corrected chi connectivity index (χ2v) is 3.74. The third-order valence-electron chi connectivity index (χ3n) is 1.65. The molecule has 0 atom stereocenters. The summed E-state index contributed by atoms with van der Waals surface area (Å²) in [6.45, 7) is 2.37. The Balaban J connectivity index is 2.52. The van der Waals surface area contributed by atoms with E-state index in [0.29, 0.717) is 12.4 Å². The van der Waals surface area contributed by atoms with Gasteiger partial charge in [-0.1, -0.05) is 0 Å². The molecule has 1 heterocycles. The molecule has 0 bridgehead atoms. The minimum Gasteiger partial charge on any atom is -0.466 e. The van der Waals surface area contributed by atoms with Crippen LogP contribution in [0.5, 0.6) is 5.75 Å². The Labute approximate surface area is 92.8 Å². The molecular formula is C10H14O4S. The van der Waals surface area contributed by atoms with E-state index in [-0.39, 0.29) is 19.2 Å². The number of esters is 1. The topological polar surface area (TPSA) is 44.8 Å². The van der Waals surface area contributed by atoms with E-state index >= 15 is 0 Å². The monoisotopic (exact) mass is 230 g/mol. The molecule has 1 rings (SSSR count). The van der Waals surface area contributed by atoms with Crippen LogP contribution in [0.3, 0.4) is 0 Å². The van der Waals surface area contributed by atoms with Crippen LogP contribution in [0.4, 0.5) is 0 Å². The van der Waals surface area contributed by atoms with E-state index in [0.717, 1.165) is 4.88 Å². The summed E-state index contributed by atoms with van der Waals surface area (Å²) >= 11 is 1.47. The summed E-state index contributed by atoms with van der Waals surface area (Å²) in [6.07, 6.45) is 0.255. The Morgan fingerprint density at radius 3 is 3.00 bits per heavy atom. The van der Waals surface area contributed by atoms with Crippen LogP contribution >= 0.6 is 11.3 Å². The molecule has 0 fully saturated rings. The zero-order valence-corrected chi connectivity index (χ0v) is 9.63. The van der Waals surface area contributed by atoms with E-state index in [2.05, 4.69) is 0 Å². The van der Waals surface area contributed by atoms with Crippen LogP contribution < -0.4 is 4.74 Å². The summed E-state index contributed by atoms with van der Waals surface area (Å²) in [5.74, 6) is 0.456. The number of carbonyl (C=O) groups excluding carboxylic acids is 1. The lowest BCUT2D eigenvalue weighted by molar-refractivity contribution is -0.142. The van der Waals surface area contributed by atoms with Gasteiger partial charge >= 0.3 is 5.97 Å². The van der Waals surface area contributed by atoms with E-state index in [1.807, 2.05) is 11.4 Å². The van der Waals surface area contributed by atoms with Crippen LogP contribution in [-0.4, -0.2) is 26.5 Å². The molecule has 0 saturated carbocycles. The van der Waals surface area contributed by atoms with Crippen molar-refractivity contribution in [2.24, 2.45) is 0 Å². The number of carbonyl (C=O) groups is 1. The Hall–Kier alpha value is -1.07. The van der Waals surface area contributed by atoms with E-state index in [4.69, 9.17) is 14.2 Å². The summed E-state index contributed by atoms with van der Waals surface area (Å²) in [5, 5.41) is 1.87. The first kappa shape index (κ1) is 12.0. The minimum absolute atomic E-state index is 0.187. The number of methoxy groups -OCH3 is 1. The van der Waals surface area contributed by atoms with E-state index in [1.54, 1.807) is 14.0 Å². The van der Waals surface area contributed by atoms with Crippen molar-refractivity contribution in [1.29, 1.82) is 0 Å². The van der Waals surface area contributed by atoms with Crippen molar-refractivity contribution in [3.63, 3.8) is 0 Å². The van der Waals surface area contributed by atoms with Gasteiger partial charge in [-0.05, 0) is 18.4 Å². The van der Waals surface area contributed by atoms with Crippen molar-refractivity contribution in [2.75, 3.05) is 20.5 Å². The van der Waals surface area contributed by atoms with E-state index in [9.17, 15) is 4.79 Å². The first-order chi connectivity index (χ1) is 7.27. The molecule has 0 saturated heterocycles. The summed E-state index contributed by atoms with van der Waals surface area (Å²) < 4.78 is 14.9. The Morgan fingerprint density at radius 1 is 1.53 bits per heavy atom. The van der Waals surface area contributed by atoms with E-state index in [1.165, 1.54) is 11.3 Å². The molecule has 0 amide bonds. The molecule has 84 valence electrons. The van der Waals surface area contributed by atoms with Crippen LogP contribution in [0.1, 0.15) is 11.8 Å². The average molecular weight is 230 g/mol. The van der Waals surface area contributed by atoms with Gasteiger partial charge < -0.3 is 14.2 Å². The number of hydrogen-bond donors (Lipinski definition) is 0. The molecule has 0 unspecified atom stereocenters. The zero-order valence-electron chi connectivity index (χ0n) is 8.82. The van der Waals surface area contributed by atoms with Crippen LogP contribution in [0, 0.1) is 0 Å². The Morgan fingerprint density at radius 2 is 2.33 bits per heavy atom. The van der Waals surface area contributed by atoms with Gasteiger partial charge in [0.2, 0.25) is 0 Å². The number of ether oxygens (including phenoxy) is 3. The lowest BCUT2D eigenvalue weighted by Gasteiger charge is -2.05. The molecule has 15 heavy (non-hydrogen) atoms. The highest BCUT2D eigenvalue weighted by Gasteiger charge is 2.11. The third-order valence-corrected chi connectivity index (χ3v) is 2.55. The van der Waals surface area contributed by atoms with Crippen molar-refractivity contribution in [2.45, 2.75) is 13.3 Å². The fourth-order valence-electron chi connectivity index (χ4n) is 1.05. The Kier molecular flexibility index (Phi) is 5.14. The van der Waals surface area contributed by atoms with Crippen molar-refractivity contribution in [3.8, 4) is 5.75 Å². The fourth-order valence-corrected chi connectivity index (χ4v) is 1.85. The molecule has 0 aromatic carbocycles. The van der Waals surface area contributed by atoms with Gasteiger partial charge in [0.1, 0.15) is 5.75 Å². The summed E-state index contributed by atoms with van der Waals surface area (Å²) in [4.78, 5) is 12.1. The van der Waals surface area contributed by atoms with Crippen molar-refractivity contribution < 1.29 is 19.0 Å². The van der Waals surface area contributed by atoms with E-state index < -0.39 is 0 Å². The summed E-state index contributed by atoms with van der Waals surface area (Å²) in [7, 11) is 1.55. The number of hydrogen-bond acceptors (Lipinski definition) is 5. The standard InChI is InChI=1S/C10H14O4S/c1-3-13-10(11)6-9-8(4-5-15-9)14-7-12-2/h4-5H,3,6-7H2,1-2H3. The lowest BCUT2D eigenvalue weighted by Crippen LogP contribution is -2.08. The lowest BCUT2D eigenvalue weighted by atomic mass is 10.3. The molecule has 5 heteroatoms. The highest BCUT2D eigenvalue weighted by atomic mass is 32.1. The maximum Gasteiger partial charge on any atom is 0.311 e. The second kappa shape index (κ2) is 6.42. The molecule has 0 aliphatic carbocycles. The third kappa shape index (κ3) is 3.89. The van der Waals surface area contributed by atoms with Gasteiger partial charge in [-0.25, -0.2) is 0 Å². The maximum absolute atomic E-state index is 11.2. The van der Waals surface area contributed by atoms with Gasteiger partial charge in [-0.2, -0.15) is 0 Å². The highest BCUT2D eigenvalue weighted by molar-refractivity contribution is 7.10. The molecule has 0 aliphatic heterocycles. The first-order valence-corrected chi connectivity index (χ1v) is 5.49. The van der Waals surface area contributed by atoms with Gasteiger partial charge in [-0.3, -0.25) is 4.79 Å². The Bertz CT molecular complexity index is 308. The van der Waals surface area contributed by atoms with Gasteiger partial charge in [0.05, 0.1) is 17.9 Å². The van der Waals surface area contributed by atoms with Gasteiger partial charge in [0, 0.05) is 7.11 Å². The first-order valence-electron chi connectivity index (χ1n) is 4.61. The molecule has 1 aromatic heterocycles. The predicted octanol–water partition coefficient (Wildman–Crippen LogP) is 1.84. The van der Waals surface area contributed by atoms with Crippen LogP contribution in [0.2, 0.25) is 0 Å². The zero-order chi connectivity index (χ0) is 11.1. The molecule has 4 nitrogen and oxygen atoms in total. The van der Waals surface area contributed by atoms with Crippen molar-refractivity contribution >= 4 is 17.3 Å². The molecule has 0 aliphatic rings. The summed E-state index contributed by atoms with van der Waals surface area (Å²) in [6, 6.07) is 1.82. The smallest absolute Gasteiger partial charge is 0.311 e. The molecule has 1 aromatic rings. The van der Waals surface area contributed by atoms with Crippen molar-refractivity contribution in [1.82, 2.24) is 0 Å². The van der Waals surface area contributed by atoms with Crippen LogP contribution in [0.15, 0.2) is 11.4 Å². The number of thiophene rings is 1. The maximum atomic E-state index is 11.2. The largest absolute Gasteiger partial charge is 0.466 e. The highest BCUT2D eigenvalue weighted by Crippen LogP contribution is 2.25. The van der Waals surface area contributed by atoms with Crippen LogP contribution in [-0.2, 0) is 20.7 Å². The van der Waals surface area contributed by atoms with Gasteiger partial charge in [-0.15, -0.1) is 11.3 Å². The molecule has 0 radical (unpaired) electrons.